The second-order valence-corrected chi connectivity index (χ2v) is 33.5. The third kappa shape index (κ3) is 18.6. The number of H-pyrrole nitrogens is 1. The number of nitrogens with zero attached hydrogens (tertiary/aromatic N) is 21. The molecule has 50 heteroatoms. The molecule has 11 N–H and O–H groups in total. The van der Waals surface area contributed by atoms with E-state index in [1.807, 2.05) is 0 Å². The summed E-state index contributed by atoms with van der Waals surface area (Å²) in [6, 6.07) is 35.5. The largest absolute Gasteiger partial charge is 0.444 e. The van der Waals surface area contributed by atoms with Gasteiger partial charge in [0.25, 0.3) is 61.7 Å². The molecule has 34 nitrogen and oxygen atoms in total. The number of halogens is 15. The van der Waals surface area contributed by atoms with Crippen LogP contribution in [-0.2, 0) is 51.7 Å². The number of hydrogen-bond donors (Lipinski definition) is 6. The Kier molecular flexibility index (Phi) is 28.2. The van der Waals surface area contributed by atoms with E-state index in [4.69, 9.17) is 37.6 Å². The van der Waals surface area contributed by atoms with Gasteiger partial charge < -0.3 is 37.6 Å². The number of likely N-dealkylation sites (N-methyl/N-ethyl adjacent to an activating group) is 5. The van der Waals surface area contributed by atoms with E-state index in [0.717, 1.165) is 103 Å². The van der Waals surface area contributed by atoms with Crippen molar-refractivity contribution in [1.29, 1.82) is 0 Å². The number of aliphatic imine (C=N–C) groups is 5. The summed E-state index contributed by atoms with van der Waals surface area (Å²) in [5, 5.41) is 10.4. The highest BCUT2D eigenvalue weighted by molar-refractivity contribution is 7.13. The molecule has 0 saturated carbocycles. The average molecular weight is 2050 g/mol. The number of rotatable bonds is 20. The first-order valence-electron chi connectivity index (χ1n) is 43.0. The van der Waals surface area contributed by atoms with Gasteiger partial charge in [-0.05, 0) is 191 Å². The fourth-order valence-electron chi connectivity index (χ4n) is 16.6. The lowest BCUT2D eigenvalue weighted by Gasteiger charge is -2.27. The molecule has 750 valence electrons. The van der Waals surface area contributed by atoms with Crippen LogP contribution < -0.4 is 28.7 Å². The van der Waals surface area contributed by atoms with Crippen LogP contribution in [0.2, 0.25) is 0 Å². The summed E-state index contributed by atoms with van der Waals surface area (Å²) in [6.45, 7) is 1.73. The van der Waals surface area contributed by atoms with Gasteiger partial charge in [0.15, 0.2) is 69.6 Å². The summed E-state index contributed by atoms with van der Waals surface area (Å²) in [5.74, 6) is -6.98. The molecule has 10 aromatic heterocycles. The molecule has 0 fully saturated rings. The predicted octanol–water partition coefficient (Wildman–Crippen LogP) is 14.5. The Morgan fingerprint density at radius 2 is 0.653 bits per heavy atom. The summed E-state index contributed by atoms with van der Waals surface area (Å²) in [7, 11) is 6.90. The maximum atomic E-state index is 15.1. The van der Waals surface area contributed by atoms with Gasteiger partial charge in [0.05, 0.1) is 22.3 Å². The van der Waals surface area contributed by atoms with Gasteiger partial charge in [0, 0.05) is 147 Å². The molecule has 5 amide bonds. The number of aromatic amines is 1. The molecule has 5 aromatic carbocycles. The van der Waals surface area contributed by atoms with Gasteiger partial charge in [-0.15, -0.1) is 11.3 Å². The maximum absolute atomic E-state index is 15.1. The van der Waals surface area contributed by atoms with Crippen LogP contribution in [0.5, 0.6) is 0 Å². The number of aryl methyl sites for hydroxylation is 1. The van der Waals surface area contributed by atoms with Crippen molar-refractivity contribution in [2.24, 2.45) is 53.6 Å². The van der Waals surface area contributed by atoms with Crippen LogP contribution >= 0.6 is 11.3 Å². The number of hydrogen-bond acceptors (Lipinski definition) is 29. The third-order valence-corrected chi connectivity index (χ3v) is 25.0. The predicted molar refractivity (Wildman–Crippen MR) is 499 cm³/mol. The van der Waals surface area contributed by atoms with Crippen molar-refractivity contribution in [3.8, 4) is 55.4 Å². The molecule has 5 unspecified atom stereocenters. The lowest BCUT2D eigenvalue weighted by atomic mass is 9.81. The summed E-state index contributed by atoms with van der Waals surface area (Å²) < 4.78 is 218. The van der Waals surface area contributed by atoms with Crippen molar-refractivity contribution in [3.63, 3.8) is 0 Å². The average Bonchev–Trinajstić information content (AvgIpc) is 1.59. The zero-order valence-electron chi connectivity index (χ0n) is 76.7. The number of pyridine rings is 5. The van der Waals surface area contributed by atoms with Crippen molar-refractivity contribution < 1.29 is 98.8 Å². The first-order chi connectivity index (χ1) is 70.1. The van der Waals surface area contributed by atoms with E-state index in [0.29, 0.717) is 56.4 Å². The Bertz CT molecular complexity index is 7040. The lowest BCUT2D eigenvalue weighted by Crippen LogP contribution is -2.41. The van der Waals surface area contributed by atoms with Crippen LogP contribution in [0.15, 0.2) is 278 Å². The Hall–Kier alpha value is -18.2. The van der Waals surface area contributed by atoms with Crippen LogP contribution in [0.25, 0.3) is 55.4 Å². The minimum atomic E-state index is -2.88. The molecule has 0 aliphatic carbocycles. The first-order valence-corrected chi connectivity index (χ1v) is 43.9. The highest BCUT2D eigenvalue weighted by Crippen LogP contribution is 2.50. The number of nitrogens with two attached hydrogens (primary N) is 5. The Morgan fingerprint density at radius 3 is 0.946 bits per heavy atom. The molecule has 0 bridgehead atoms. The minimum Gasteiger partial charge on any atom is -0.444 e. The van der Waals surface area contributed by atoms with E-state index in [2.05, 4.69) is 85.2 Å². The van der Waals surface area contributed by atoms with Gasteiger partial charge in [0.2, 0.25) is 0 Å². The molecule has 20 rings (SSSR count). The normalized spacial score (nSPS) is 19.0. The second-order valence-electron chi connectivity index (χ2n) is 32.7. The number of amides is 5. The zero-order valence-corrected chi connectivity index (χ0v) is 77.5. The highest BCUT2D eigenvalue weighted by atomic mass is 32.1. The third-order valence-electron chi connectivity index (χ3n) is 24.2. The molecular formula is C97H74F15N27O7S. The SMILES string of the molecule is CN1C(=O)C(c2ccnc(C(F)F)c2)(c2cc(-c3ccn[nH]3)ccc2F)N=C1N.CN1C(=O)C(c2ccnc(C(F)F)c2)(c2cc(-c3ccon3)ccc2F)N=C1N.CN1C(=O)C(c2ccnc(C(F)F)c2)(c2cc(-c3cnco3)ccc2F)N=C1N.CN1C(=O)C(c2ccnc(C(F)F)c2)(c2cc(-c3cncs3)ccc2F)N=C1N.Cc1ncc(-c2ccc(F)c(C3(c4ccnc(C(F)F)c4)N=C(N)N(C)C3=O)c2)cn1. The van der Waals surface area contributed by atoms with E-state index in [9.17, 15) is 76.7 Å². The summed E-state index contributed by atoms with van der Waals surface area (Å²) in [5.41, 5.74) is 22.0. The summed E-state index contributed by atoms with van der Waals surface area (Å²) in [6.07, 6.45) is 1.49. The number of guanidine groups is 5. The van der Waals surface area contributed by atoms with Gasteiger partial charge in [-0.2, -0.15) is 5.10 Å². The van der Waals surface area contributed by atoms with Crippen molar-refractivity contribution >= 4 is 70.7 Å². The standard InChI is InChI=1S/C21H17F3N6O.C19H15F3N6O.2C19H14F3N5O2.C19H14F3N5OS/c1-11-27-9-13(10-28-11)12-3-4-16(22)15(7-12)21(19(31)30(2)20(25)29-21)14-5-6-26-17(8-14)18(23)24;1-28-17(29)19(26-18(28)23,11-4-6-24-15(9-11)16(21)22)12-8-10(2-3-13(12)20)14-5-7-25-27-14;1-27-17(28)19(25-18(27)23,11-4-6-24-15(9-11)16(21)22)12-8-10(2-3-13(12)20)14-5-7-29-26-14;2*1-27-17(28)19(26-18(27)23,11-4-5-25-14(7-11)16(21)22)12-6-10(2-3-13(12)20)15-8-24-9-29-15/h3-10,18H,1-2H3,(H2,25,29);2-9,16H,1H3,(H2,23,26)(H,25,27);2-9,16H,1H3,(H2,23,25);2*2-9,16H,1H3,(H2,23,26). The summed E-state index contributed by atoms with van der Waals surface area (Å²) >= 11 is 1.34. The number of carbonyl (C=O) groups excluding carboxylic acids is 5. The smallest absolute Gasteiger partial charge is 0.280 e. The van der Waals surface area contributed by atoms with Crippen LogP contribution in [0.3, 0.4) is 0 Å². The van der Waals surface area contributed by atoms with Crippen LogP contribution in [-0.4, -0.2) is 179 Å². The Morgan fingerprint density at radius 1 is 0.340 bits per heavy atom. The van der Waals surface area contributed by atoms with Crippen LogP contribution in [0, 0.1) is 36.0 Å². The van der Waals surface area contributed by atoms with Gasteiger partial charge in [-0.3, -0.25) is 83.5 Å². The lowest BCUT2D eigenvalue weighted by molar-refractivity contribution is -0.130. The van der Waals surface area contributed by atoms with E-state index in [1.165, 1.54) is 175 Å². The van der Waals surface area contributed by atoms with Crippen LogP contribution in [0.1, 0.15) is 122 Å². The number of thiazole rings is 1. The van der Waals surface area contributed by atoms with Gasteiger partial charge in [-0.1, -0.05) is 17.3 Å². The second kappa shape index (κ2) is 40.7. The fraction of sp³-hybridized carbons (Fsp3) is 0.165. The quantitative estimate of drug-likeness (QED) is 0.0386. The fourth-order valence-corrected chi connectivity index (χ4v) is 17.2. The number of nitrogens with one attached hydrogen (secondary N) is 1. The van der Waals surface area contributed by atoms with Crippen molar-refractivity contribution in [2.45, 2.75) is 66.7 Å². The Labute approximate surface area is 824 Å². The molecule has 15 aromatic rings. The summed E-state index contributed by atoms with van der Waals surface area (Å²) in [4.78, 5) is 127. The number of aromatic nitrogens is 12. The zero-order chi connectivity index (χ0) is 105. The van der Waals surface area contributed by atoms with Gasteiger partial charge in [-0.25, -0.2) is 106 Å². The first kappa shape index (κ1) is 102. The molecule has 0 spiro atoms. The number of carbonyl (C=O) groups is 5. The van der Waals surface area contributed by atoms with Crippen molar-refractivity contribution in [3.05, 3.63) is 363 Å². The van der Waals surface area contributed by atoms with E-state index in [1.54, 1.807) is 49.2 Å². The topological polar surface area (TPSA) is 477 Å². The van der Waals surface area contributed by atoms with Gasteiger partial charge in [0.1, 0.15) is 75.3 Å². The van der Waals surface area contributed by atoms with E-state index in [-0.39, 0.29) is 85.4 Å². The van der Waals surface area contributed by atoms with Crippen LogP contribution in [0.4, 0.5) is 65.9 Å². The number of oxazole rings is 1. The molecule has 0 radical (unpaired) electrons. The monoisotopic (exact) mass is 2050 g/mol. The maximum Gasteiger partial charge on any atom is 0.280 e. The molecule has 147 heavy (non-hydrogen) atoms. The molecule has 15 heterocycles. The van der Waals surface area contributed by atoms with E-state index < -0.39 is 147 Å². The number of benzene rings is 5. The molecule has 5 atom stereocenters. The molecule has 5 aliphatic heterocycles. The number of alkyl halides is 10. The van der Waals surface area contributed by atoms with Crippen molar-refractivity contribution in [1.82, 2.24) is 84.7 Å². The van der Waals surface area contributed by atoms with E-state index >= 15 is 13.2 Å². The minimum absolute atomic E-state index is 0.0220. The highest BCUT2D eigenvalue weighted by Gasteiger charge is 2.57. The van der Waals surface area contributed by atoms with Crippen molar-refractivity contribution in [2.75, 3.05) is 35.2 Å². The Balaban J connectivity index is 0.000000131. The molecular weight excluding hydrogens is 1970 g/mol. The molecule has 0 saturated heterocycles. The van der Waals surface area contributed by atoms with Gasteiger partial charge >= 0.3 is 0 Å². The molecule has 5 aliphatic rings.